The van der Waals surface area contributed by atoms with Crippen LogP contribution in [0.2, 0.25) is 0 Å². The minimum absolute atomic E-state index is 0.0482. The number of amides is 1. The molecule has 0 unspecified atom stereocenters. The molecule has 2 N–H and O–H groups in total. The van der Waals surface area contributed by atoms with Gasteiger partial charge in [-0.3, -0.25) is 14.7 Å². The number of benzene rings is 1. The first kappa shape index (κ1) is 17.4. The SMILES string of the molecule is NC(=O)C1CCN(C2CN(S(=O)(=O)c3cccc4cccnc34)C2)CC1. The number of fused-ring (bicyclic) bond motifs is 1. The summed E-state index contributed by atoms with van der Waals surface area (Å²) in [5, 5.41) is 0.819. The van der Waals surface area contributed by atoms with E-state index < -0.39 is 10.0 Å². The largest absolute Gasteiger partial charge is 0.369 e. The van der Waals surface area contributed by atoms with E-state index in [4.69, 9.17) is 5.73 Å². The van der Waals surface area contributed by atoms with Gasteiger partial charge < -0.3 is 5.73 Å². The quantitative estimate of drug-likeness (QED) is 0.854. The lowest BCUT2D eigenvalue weighted by atomic mass is 9.94. The Bertz CT molecular complexity index is 927. The van der Waals surface area contributed by atoms with E-state index in [1.54, 1.807) is 24.4 Å². The van der Waals surface area contributed by atoms with Gasteiger partial charge in [0.1, 0.15) is 4.90 Å². The second-order valence-electron chi connectivity index (χ2n) is 7.02. The van der Waals surface area contributed by atoms with E-state index >= 15 is 0 Å². The molecule has 2 aliphatic rings. The third kappa shape index (κ3) is 2.98. The minimum atomic E-state index is -3.55. The van der Waals surface area contributed by atoms with Gasteiger partial charge in [0.2, 0.25) is 15.9 Å². The molecular weight excluding hydrogens is 352 g/mol. The number of carbonyl (C=O) groups excluding carboxylic acids is 1. The Morgan fingerprint density at radius 3 is 2.50 bits per heavy atom. The van der Waals surface area contributed by atoms with Crippen molar-refractivity contribution in [1.29, 1.82) is 0 Å². The summed E-state index contributed by atoms with van der Waals surface area (Å²) in [6, 6.07) is 9.11. The number of hydrogen-bond acceptors (Lipinski definition) is 5. The molecule has 2 saturated heterocycles. The average Bonchev–Trinajstić information content (AvgIpc) is 2.60. The van der Waals surface area contributed by atoms with Crippen LogP contribution < -0.4 is 5.73 Å². The summed E-state index contributed by atoms with van der Waals surface area (Å²) in [6.07, 6.45) is 3.13. The highest BCUT2D eigenvalue weighted by molar-refractivity contribution is 7.89. The van der Waals surface area contributed by atoms with Crippen LogP contribution in [0.4, 0.5) is 0 Å². The Morgan fingerprint density at radius 1 is 1.12 bits per heavy atom. The van der Waals surface area contributed by atoms with Gasteiger partial charge in [0.25, 0.3) is 0 Å². The van der Waals surface area contributed by atoms with Crippen molar-refractivity contribution in [3.8, 4) is 0 Å². The van der Waals surface area contributed by atoms with Crippen molar-refractivity contribution in [2.24, 2.45) is 11.7 Å². The van der Waals surface area contributed by atoms with Gasteiger partial charge in [-0.25, -0.2) is 8.42 Å². The highest BCUT2D eigenvalue weighted by Crippen LogP contribution is 2.30. The Balaban J connectivity index is 1.46. The number of piperidine rings is 1. The number of sulfonamides is 1. The van der Waals surface area contributed by atoms with Crippen molar-refractivity contribution < 1.29 is 13.2 Å². The number of likely N-dealkylation sites (tertiary alicyclic amines) is 1. The van der Waals surface area contributed by atoms with E-state index in [0.717, 1.165) is 31.3 Å². The monoisotopic (exact) mass is 374 g/mol. The topological polar surface area (TPSA) is 96.6 Å². The molecule has 1 aromatic carbocycles. The van der Waals surface area contributed by atoms with Gasteiger partial charge in [-0.05, 0) is 38.1 Å². The van der Waals surface area contributed by atoms with Gasteiger partial charge in [-0.2, -0.15) is 4.31 Å². The molecule has 2 aromatic rings. The summed E-state index contributed by atoms with van der Waals surface area (Å²) in [6.45, 7) is 2.55. The highest BCUT2D eigenvalue weighted by Gasteiger charge is 2.41. The van der Waals surface area contributed by atoms with E-state index in [0.29, 0.717) is 18.6 Å². The molecule has 26 heavy (non-hydrogen) atoms. The summed E-state index contributed by atoms with van der Waals surface area (Å²) in [5.41, 5.74) is 5.89. The minimum Gasteiger partial charge on any atom is -0.369 e. The zero-order valence-electron chi connectivity index (χ0n) is 14.4. The van der Waals surface area contributed by atoms with Crippen LogP contribution >= 0.6 is 0 Å². The van der Waals surface area contributed by atoms with Crippen molar-refractivity contribution >= 4 is 26.8 Å². The van der Waals surface area contributed by atoms with E-state index in [9.17, 15) is 13.2 Å². The van der Waals surface area contributed by atoms with Gasteiger partial charge >= 0.3 is 0 Å². The Kier molecular flexibility index (Phi) is 4.42. The zero-order valence-corrected chi connectivity index (χ0v) is 15.2. The summed E-state index contributed by atoms with van der Waals surface area (Å²) < 4.78 is 27.5. The predicted molar refractivity (Wildman–Crippen MR) is 97.8 cm³/mol. The normalized spacial score (nSPS) is 20.9. The van der Waals surface area contributed by atoms with Crippen LogP contribution in [-0.4, -0.2) is 60.7 Å². The maximum Gasteiger partial charge on any atom is 0.245 e. The number of para-hydroxylation sites is 1. The second kappa shape index (κ2) is 6.61. The fourth-order valence-corrected chi connectivity index (χ4v) is 5.50. The van der Waals surface area contributed by atoms with Crippen LogP contribution in [0.25, 0.3) is 10.9 Å². The lowest BCUT2D eigenvalue weighted by molar-refractivity contribution is -0.123. The van der Waals surface area contributed by atoms with Crippen LogP contribution in [0.5, 0.6) is 0 Å². The number of hydrogen-bond donors (Lipinski definition) is 1. The summed E-state index contributed by atoms with van der Waals surface area (Å²) >= 11 is 0. The molecule has 0 atom stereocenters. The number of pyridine rings is 1. The lowest BCUT2D eigenvalue weighted by Gasteiger charge is -2.46. The Hall–Kier alpha value is -2.03. The molecule has 138 valence electrons. The Morgan fingerprint density at radius 2 is 1.81 bits per heavy atom. The number of primary amides is 1. The standard InChI is InChI=1S/C18H22N4O3S/c19-18(23)14-6-9-21(10-7-14)15-11-22(12-15)26(24,25)16-5-1-3-13-4-2-8-20-17(13)16/h1-5,8,14-15H,6-7,9-12H2,(H2,19,23). The highest BCUT2D eigenvalue weighted by atomic mass is 32.2. The third-order valence-corrected chi connectivity index (χ3v) is 7.35. The molecule has 1 aromatic heterocycles. The molecule has 1 amide bonds. The van der Waals surface area contributed by atoms with Crippen molar-refractivity contribution in [3.63, 3.8) is 0 Å². The van der Waals surface area contributed by atoms with Crippen molar-refractivity contribution in [1.82, 2.24) is 14.2 Å². The number of aromatic nitrogens is 1. The van der Waals surface area contributed by atoms with Gasteiger partial charge in [0.15, 0.2) is 0 Å². The number of nitrogens with two attached hydrogens (primary N) is 1. The fraction of sp³-hybridized carbons (Fsp3) is 0.444. The molecule has 7 nitrogen and oxygen atoms in total. The molecule has 0 bridgehead atoms. The molecule has 2 fully saturated rings. The average molecular weight is 374 g/mol. The molecule has 4 rings (SSSR count). The first-order chi connectivity index (χ1) is 12.5. The first-order valence-electron chi connectivity index (χ1n) is 8.84. The summed E-state index contributed by atoms with van der Waals surface area (Å²) in [4.78, 5) is 18.1. The summed E-state index contributed by atoms with van der Waals surface area (Å²) in [7, 11) is -3.55. The third-order valence-electron chi connectivity index (χ3n) is 5.49. The van der Waals surface area contributed by atoms with Crippen molar-refractivity contribution in [3.05, 3.63) is 36.5 Å². The van der Waals surface area contributed by atoms with E-state index in [-0.39, 0.29) is 22.8 Å². The molecule has 0 saturated carbocycles. The number of carbonyl (C=O) groups is 1. The van der Waals surface area contributed by atoms with Crippen molar-refractivity contribution in [2.45, 2.75) is 23.8 Å². The number of nitrogens with zero attached hydrogens (tertiary/aromatic N) is 3. The first-order valence-corrected chi connectivity index (χ1v) is 10.3. The van der Waals surface area contributed by atoms with Gasteiger partial charge in [-0.1, -0.05) is 18.2 Å². The predicted octanol–water partition coefficient (Wildman–Crippen LogP) is 0.805. The fourth-order valence-electron chi connectivity index (χ4n) is 3.82. The molecule has 0 radical (unpaired) electrons. The number of rotatable bonds is 4. The summed E-state index contributed by atoms with van der Waals surface area (Å²) in [5.74, 6) is -0.279. The lowest BCUT2D eigenvalue weighted by Crippen LogP contribution is -2.62. The van der Waals surface area contributed by atoms with Gasteiger partial charge in [0.05, 0.1) is 5.52 Å². The smallest absolute Gasteiger partial charge is 0.245 e. The Labute approximate surface area is 152 Å². The molecular formula is C18H22N4O3S. The van der Waals surface area contributed by atoms with Gasteiger partial charge in [0, 0.05) is 36.6 Å². The van der Waals surface area contributed by atoms with E-state index in [1.165, 1.54) is 4.31 Å². The molecule has 8 heteroatoms. The van der Waals surface area contributed by atoms with E-state index in [2.05, 4.69) is 9.88 Å². The van der Waals surface area contributed by atoms with Crippen LogP contribution in [0, 0.1) is 5.92 Å². The molecule has 2 aliphatic heterocycles. The molecule has 3 heterocycles. The molecule has 0 aliphatic carbocycles. The molecule has 0 spiro atoms. The van der Waals surface area contributed by atoms with Crippen molar-refractivity contribution in [2.75, 3.05) is 26.2 Å². The maximum atomic E-state index is 13.0. The van der Waals surface area contributed by atoms with Crippen LogP contribution in [-0.2, 0) is 14.8 Å². The maximum absolute atomic E-state index is 13.0. The van der Waals surface area contributed by atoms with Crippen LogP contribution in [0.1, 0.15) is 12.8 Å². The van der Waals surface area contributed by atoms with Crippen LogP contribution in [0.3, 0.4) is 0 Å². The van der Waals surface area contributed by atoms with E-state index in [1.807, 2.05) is 12.1 Å². The second-order valence-corrected chi connectivity index (χ2v) is 8.93. The van der Waals surface area contributed by atoms with Crippen LogP contribution in [0.15, 0.2) is 41.4 Å². The van der Waals surface area contributed by atoms with Gasteiger partial charge in [-0.15, -0.1) is 0 Å². The zero-order chi connectivity index (χ0) is 18.3.